The Labute approximate surface area is 195 Å². The van der Waals surface area contributed by atoms with Crippen molar-refractivity contribution in [2.45, 2.75) is 33.2 Å². The zero-order chi connectivity index (χ0) is 24.0. The lowest BCUT2D eigenvalue weighted by Crippen LogP contribution is -2.26. The third-order valence-electron chi connectivity index (χ3n) is 6.09. The monoisotopic (exact) mass is 458 g/mol. The summed E-state index contributed by atoms with van der Waals surface area (Å²) >= 11 is 0. The number of nitrogens with one attached hydrogen (secondary N) is 1. The quantitative estimate of drug-likeness (QED) is 0.357. The predicted molar refractivity (Wildman–Crippen MR) is 128 cm³/mol. The number of hydrogen-bond acceptors (Lipinski definition) is 2. The molecule has 4 heterocycles. The molecule has 1 N–H and O–H groups in total. The number of nitrogens with zero attached hydrogens (tertiary/aromatic N) is 3. The van der Waals surface area contributed by atoms with Gasteiger partial charge in [0.1, 0.15) is 11.6 Å². The molecule has 0 saturated heterocycles. The van der Waals surface area contributed by atoms with E-state index in [1.54, 1.807) is 23.6 Å². The van der Waals surface area contributed by atoms with E-state index in [2.05, 4.69) is 10.4 Å². The van der Waals surface area contributed by atoms with E-state index >= 15 is 0 Å². The van der Waals surface area contributed by atoms with Crippen molar-refractivity contribution in [3.05, 3.63) is 101 Å². The van der Waals surface area contributed by atoms with E-state index in [1.165, 1.54) is 18.2 Å². The maximum Gasteiger partial charge on any atom is 0.253 e. The van der Waals surface area contributed by atoms with Gasteiger partial charge < -0.3 is 9.72 Å². The van der Waals surface area contributed by atoms with Crippen LogP contribution in [-0.4, -0.2) is 19.9 Å². The Balaban J connectivity index is 1.56. The van der Waals surface area contributed by atoms with Crippen molar-refractivity contribution < 1.29 is 13.6 Å². The Morgan fingerprint density at radius 3 is 2.47 bits per heavy atom. The molecule has 0 bridgehead atoms. The Morgan fingerprint density at radius 2 is 1.74 bits per heavy atom. The lowest BCUT2D eigenvalue weighted by Gasteiger charge is -2.15. The summed E-state index contributed by atoms with van der Waals surface area (Å²) in [5.74, 6) is -1.59. The number of halogens is 2. The molecular formula is C27H24F2N4O. The molecule has 172 valence electrons. The Kier molecular flexibility index (Phi) is 5.40. The fourth-order valence-corrected chi connectivity index (χ4v) is 4.56. The highest BCUT2D eigenvalue weighted by Gasteiger charge is 2.24. The number of aromatic nitrogens is 3. The van der Waals surface area contributed by atoms with Gasteiger partial charge in [-0.1, -0.05) is 26.0 Å². The third-order valence-corrected chi connectivity index (χ3v) is 6.09. The number of carbonyl (C=O) groups is 1. The molecule has 5 aromatic rings. The molecule has 0 radical (unpaired) electrons. The molecule has 0 aliphatic heterocycles. The maximum absolute atomic E-state index is 14.6. The first kappa shape index (κ1) is 21.8. The normalized spacial score (nSPS) is 11.6. The second kappa shape index (κ2) is 8.41. The number of fused-ring (bicyclic) bond motifs is 2. The van der Waals surface area contributed by atoms with Gasteiger partial charge in [0.2, 0.25) is 0 Å². The fraction of sp³-hybridized carbons (Fsp3) is 0.185. The lowest BCUT2D eigenvalue weighted by molar-refractivity contribution is 0.0948. The van der Waals surface area contributed by atoms with Crippen LogP contribution < -0.4 is 5.32 Å². The second-order valence-corrected chi connectivity index (χ2v) is 8.64. The molecule has 0 fully saturated rings. The average Bonchev–Trinajstić information content (AvgIpc) is 3.37. The zero-order valence-corrected chi connectivity index (χ0v) is 19.1. The first-order chi connectivity index (χ1) is 16.4. The van der Waals surface area contributed by atoms with Crippen LogP contribution in [0, 0.1) is 18.6 Å². The number of pyridine rings is 2. The molecule has 34 heavy (non-hydrogen) atoms. The van der Waals surface area contributed by atoms with E-state index in [9.17, 15) is 13.6 Å². The first-order valence-corrected chi connectivity index (χ1v) is 11.2. The van der Waals surface area contributed by atoms with Crippen LogP contribution in [-0.2, 0) is 6.54 Å². The summed E-state index contributed by atoms with van der Waals surface area (Å²) in [7, 11) is 0. The third kappa shape index (κ3) is 3.53. The summed E-state index contributed by atoms with van der Waals surface area (Å²) in [5, 5.41) is 7.59. The van der Waals surface area contributed by atoms with E-state index in [4.69, 9.17) is 0 Å². The van der Waals surface area contributed by atoms with Crippen LogP contribution in [0.15, 0.2) is 66.9 Å². The van der Waals surface area contributed by atoms with Crippen molar-refractivity contribution in [1.29, 1.82) is 0 Å². The zero-order valence-electron chi connectivity index (χ0n) is 19.1. The van der Waals surface area contributed by atoms with Gasteiger partial charge >= 0.3 is 0 Å². The summed E-state index contributed by atoms with van der Waals surface area (Å²) in [6.45, 7) is 6.01. The lowest BCUT2D eigenvalue weighted by atomic mass is 9.99. The second-order valence-electron chi connectivity index (χ2n) is 8.64. The standard InChI is InChI=1S/C27H24F2N4O/c1-16(2)26-20(27(34)30-15-19-11-10-18-7-4-5-14-32(18)19)12-13-23-24(17(3)31-33(23)26)25-21(28)8-6-9-22(25)29/h4-14,16H,15H2,1-3H3,(H,30,34). The number of hydrogen-bond donors (Lipinski definition) is 1. The van der Waals surface area contributed by atoms with Crippen molar-refractivity contribution in [1.82, 2.24) is 19.3 Å². The van der Waals surface area contributed by atoms with E-state index in [0.717, 1.165) is 11.2 Å². The molecule has 1 aromatic carbocycles. The summed E-state index contributed by atoms with van der Waals surface area (Å²) in [5.41, 5.74) is 4.50. The Morgan fingerprint density at radius 1 is 0.971 bits per heavy atom. The van der Waals surface area contributed by atoms with Gasteiger partial charge in [-0.2, -0.15) is 5.10 Å². The molecule has 0 spiro atoms. The van der Waals surface area contributed by atoms with E-state index in [0.29, 0.717) is 34.6 Å². The van der Waals surface area contributed by atoms with Crippen molar-refractivity contribution in [2.24, 2.45) is 0 Å². The highest BCUT2D eigenvalue weighted by atomic mass is 19.1. The topological polar surface area (TPSA) is 50.8 Å². The van der Waals surface area contributed by atoms with Gasteiger partial charge in [-0.3, -0.25) is 4.79 Å². The van der Waals surface area contributed by atoms with Crippen LogP contribution >= 0.6 is 0 Å². The molecule has 7 heteroatoms. The summed E-state index contributed by atoms with van der Waals surface area (Å²) < 4.78 is 32.9. The minimum atomic E-state index is -0.648. The van der Waals surface area contributed by atoms with Gasteiger partial charge in [0.25, 0.3) is 5.91 Å². The number of carbonyl (C=O) groups excluding carboxylic acids is 1. The van der Waals surface area contributed by atoms with Gasteiger partial charge in [0, 0.05) is 23.0 Å². The van der Waals surface area contributed by atoms with Crippen LogP contribution in [0.2, 0.25) is 0 Å². The molecule has 1 amide bonds. The predicted octanol–water partition coefficient (Wildman–Crippen LogP) is 5.89. The van der Waals surface area contributed by atoms with E-state index < -0.39 is 11.6 Å². The average molecular weight is 459 g/mol. The summed E-state index contributed by atoms with van der Waals surface area (Å²) in [6.07, 6.45) is 1.96. The molecule has 0 unspecified atom stereocenters. The van der Waals surface area contributed by atoms with Crippen molar-refractivity contribution in [3.8, 4) is 11.1 Å². The van der Waals surface area contributed by atoms with Crippen molar-refractivity contribution in [3.63, 3.8) is 0 Å². The molecule has 5 nitrogen and oxygen atoms in total. The first-order valence-electron chi connectivity index (χ1n) is 11.2. The SMILES string of the molecule is Cc1nn2c(C(C)C)c(C(=O)NCc3ccc4ccccn34)ccc2c1-c1c(F)cccc1F. The van der Waals surface area contributed by atoms with Crippen LogP contribution in [0.3, 0.4) is 0 Å². The molecule has 4 aromatic heterocycles. The van der Waals surface area contributed by atoms with Gasteiger partial charge in [-0.05, 0) is 61.4 Å². The maximum atomic E-state index is 14.6. The molecule has 0 aliphatic carbocycles. The largest absolute Gasteiger partial charge is 0.346 e. The molecule has 0 aliphatic rings. The fourth-order valence-electron chi connectivity index (χ4n) is 4.56. The van der Waals surface area contributed by atoms with Gasteiger partial charge in [-0.25, -0.2) is 13.3 Å². The highest BCUT2D eigenvalue weighted by Crippen LogP contribution is 2.34. The highest BCUT2D eigenvalue weighted by molar-refractivity contribution is 5.96. The van der Waals surface area contributed by atoms with Crippen LogP contribution in [0.25, 0.3) is 22.2 Å². The van der Waals surface area contributed by atoms with Gasteiger partial charge in [-0.15, -0.1) is 0 Å². The number of benzene rings is 1. The van der Waals surface area contributed by atoms with Crippen LogP contribution in [0.1, 0.15) is 47.2 Å². The van der Waals surface area contributed by atoms with Crippen molar-refractivity contribution in [2.75, 3.05) is 0 Å². The molecule has 0 atom stereocenters. The molecule has 0 saturated carbocycles. The van der Waals surface area contributed by atoms with Crippen LogP contribution in [0.4, 0.5) is 8.78 Å². The molecular weight excluding hydrogens is 434 g/mol. The van der Waals surface area contributed by atoms with Crippen molar-refractivity contribution >= 4 is 16.9 Å². The number of amides is 1. The summed E-state index contributed by atoms with van der Waals surface area (Å²) in [6, 6.07) is 17.1. The van der Waals surface area contributed by atoms with E-state index in [-0.39, 0.29) is 17.4 Å². The van der Waals surface area contributed by atoms with Gasteiger partial charge in [0.05, 0.1) is 34.6 Å². The van der Waals surface area contributed by atoms with E-state index in [1.807, 2.05) is 54.8 Å². The number of rotatable bonds is 5. The minimum Gasteiger partial charge on any atom is -0.346 e. The smallest absolute Gasteiger partial charge is 0.253 e. The summed E-state index contributed by atoms with van der Waals surface area (Å²) in [4.78, 5) is 13.2. The number of aryl methyl sites for hydroxylation is 1. The molecule has 5 rings (SSSR count). The van der Waals surface area contributed by atoms with Gasteiger partial charge in [0.15, 0.2) is 0 Å². The van der Waals surface area contributed by atoms with Crippen LogP contribution in [0.5, 0.6) is 0 Å². The Hall–Kier alpha value is -4.00. The Bertz CT molecular complexity index is 1530. The minimum absolute atomic E-state index is 0.0591.